The van der Waals surface area contributed by atoms with Crippen LogP contribution in [-0.2, 0) is 14.4 Å². The van der Waals surface area contributed by atoms with Crippen molar-refractivity contribution in [1.82, 2.24) is 15.1 Å². The van der Waals surface area contributed by atoms with Crippen molar-refractivity contribution in [1.29, 1.82) is 0 Å². The molecule has 2 aliphatic heterocycles. The fraction of sp³-hybridized carbons (Fsp3) is 0.833. The lowest BCUT2D eigenvalue weighted by Crippen LogP contribution is -2.58. The average Bonchev–Trinajstić information content (AvgIpc) is 3.08. The van der Waals surface area contributed by atoms with Crippen LogP contribution in [0.2, 0.25) is 0 Å². The molecule has 0 aromatic heterocycles. The van der Waals surface area contributed by atoms with Crippen LogP contribution in [0.3, 0.4) is 0 Å². The maximum absolute atomic E-state index is 12.6. The predicted molar refractivity (Wildman–Crippen MR) is 92.2 cm³/mol. The molecule has 24 heavy (non-hydrogen) atoms. The summed E-state index contributed by atoms with van der Waals surface area (Å²) in [7, 11) is 0. The summed E-state index contributed by atoms with van der Waals surface area (Å²) < 4.78 is 0. The van der Waals surface area contributed by atoms with Gasteiger partial charge in [-0.25, -0.2) is 0 Å². The second kappa shape index (κ2) is 7.99. The van der Waals surface area contributed by atoms with Gasteiger partial charge in [-0.3, -0.25) is 14.4 Å². The van der Waals surface area contributed by atoms with Crippen molar-refractivity contribution < 1.29 is 14.4 Å². The standard InChI is InChI=1S/C18H31N3O3/c1-4-8-15(22)21-12-7-9-14(13-21)16(23)19-18(2,3)17(24)20-10-5-6-11-20/h14H,4-13H2,1-3H3,(H,19,23)/t14-/m1/s1. The van der Waals surface area contributed by atoms with Crippen LogP contribution < -0.4 is 5.32 Å². The van der Waals surface area contributed by atoms with Crippen molar-refractivity contribution in [2.45, 2.75) is 64.8 Å². The van der Waals surface area contributed by atoms with Gasteiger partial charge in [0.15, 0.2) is 0 Å². The van der Waals surface area contributed by atoms with Gasteiger partial charge in [-0.1, -0.05) is 6.92 Å². The molecular formula is C18H31N3O3. The van der Waals surface area contributed by atoms with Gasteiger partial charge in [-0.2, -0.15) is 0 Å². The van der Waals surface area contributed by atoms with Gasteiger partial charge in [-0.05, 0) is 46.0 Å². The van der Waals surface area contributed by atoms with Gasteiger partial charge in [0.25, 0.3) is 0 Å². The highest BCUT2D eigenvalue weighted by Crippen LogP contribution is 2.20. The number of rotatable bonds is 5. The molecular weight excluding hydrogens is 306 g/mol. The minimum Gasteiger partial charge on any atom is -0.342 e. The van der Waals surface area contributed by atoms with Crippen LogP contribution in [0.1, 0.15) is 59.3 Å². The Morgan fingerprint density at radius 2 is 1.67 bits per heavy atom. The molecule has 6 nitrogen and oxygen atoms in total. The third kappa shape index (κ3) is 4.48. The lowest BCUT2D eigenvalue weighted by Gasteiger charge is -2.35. The minimum atomic E-state index is -0.892. The second-order valence-electron chi connectivity index (χ2n) is 7.54. The van der Waals surface area contributed by atoms with Gasteiger partial charge in [0, 0.05) is 32.6 Å². The van der Waals surface area contributed by atoms with E-state index in [1.807, 2.05) is 11.8 Å². The van der Waals surface area contributed by atoms with E-state index in [-0.39, 0.29) is 23.6 Å². The molecule has 6 heteroatoms. The highest BCUT2D eigenvalue weighted by Gasteiger charge is 2.37. The van der Waals surface area contributed by atoms with E-state index >= 15 is 0 Å². The molecule has 1 N–H and O–H groups in total. The number of nitrogens with zero attached hydrogens (tertiary/aromatic N) is 2. The first kappa shape index (κ1) is 18.7. The van der Waals surface area contributed by atoms with E-state index in [2.05, 4.69) is 5.32 Å². The highest BCUT2D eigenvalue weighted by molar-refractivity contribution is 5.91. The van der Waals surface area contributed by atoms with Crippen molar-refractivity contribution in [2.75, 3.05) is 26.2 Å². The van der Waals surface area contributed by atoms with Crippen LogP contribution in [0, 0.1) is 5.92 Å². The maximum atomic E-state index is 12.6. The van der Waals surface area contributed by atoms with Crippen molar-refractivity contribution in [3.63, 3.8) is 0 Å². The Labute approximate surface area is 144 Å². The molecule has 0 aromatic rings. The largest absolute Gasteiger partial charge is 0.342 e. The van der Waals surface area contributed by atoms with Crippen LogP contribution in [0.5, 0.6) is 0 Å². The minimum absolute atomic E-state index is 0.0110. The number of piperidine rings is 1. The smallest absolute Gasteiger partial charge is 0.247 e. The van der Waals surface area contributed by atoms with Crippen molar-refractivity contribution in [3.8, 4) is 0 Å². The highest BCUT2D eigenvalue weighted by atomic mass is 16.2. The second-order valence-corrected chi connectivity index (χ2v) is 7.54. The summed E-state index contributed by atoms with van der Waals surface area (Å²) in [6.07, 6.45) is 5.04. The van der Waals surface area contributed by atoms with Crippen molar-refractivity contribution in [2.24, 2.45) is 5.92 Å². The van der Waals surface area contributed by atoms with Gasteiger partial charge in [-0.15, -0.1) is 0 Å². The maximum Gasteiger partial charge on any atom is 0.247 e. The number of likely N-dealkylation sites (tertiary alicyclic amines) is 2. The third-order valence-electron chi connectivity index (χ3n) is 4.97. The molecule has 136 valence electrons. The van der Waals surface area contributed by atoms with Crippen molar-refractivity contribution >= 4 is 17.7 Å². The number of nitrogens with one attached hydrogen (secondary N) is 1. The monoisotopic (exact) mass is 337 g/mol. The van der Waals surface area contributed by atoms with Gasteiger partial charge in [0.05, 0.1) is 5.92 Å². The molecule has 2 heterocycles. The van der Waals surface area contributed by atoms with Crippen LogP contribution in [-0.4, -0.2) is 59.2 Å². The molecule has 2 aliphatic rings. The molecule has 1 atom stereocenters. The zero-order valence-corrected chi connectivity index (χ0v) is 15.3. The first-order valence-electron chi connectivity index (χ1n) is 9.24. The molecule has 0 spiro atoms. The number of carbonyl (C=O) groups is 3. The van der Waals surface area contributed by atoms with E-state index < -0.39 is 5.54 Å². The summed E-state index contributed by atoms with van der Waals surface area (Å²) in [4.78, 5) is 40.9. The normalized spacial score (nSPS) is 21.7. The quantitative estimate of drug-likeness (QED) is 0.827. The molecule has 0 radical (unpaired) electrons. The topological polar surface area (TPSA) is 69.7 Å². The van der Waals surface area contributed by atoms with Crippen LogP contribution >= 0.6 is 0 Å². The Bertz CT molecular complexity index is 484. The molecule has 2 fully saturated rings. The zero-order valence-electron chi connectivity index (χ0n) is 15.3. The SMILES string of the molecule is CCCC(=O)N1CCC[C@@H](C(=O)NC(C)(C)C(=O)N2CCCC2)C1. The van der Waals surface area contributed by atoms with Crippen LogP contribution in [0.25, 0.3) is 0 Å². The van der Waals surface area contributed by atoms with E-state index in [0.29, 0.717) is 13.0 Å². The Kier molecular flexibility index (Phi) is 6.24. The summed E-state index contributed by atoms with van der Waals surface area (Å²) in [5, 5.41) is 2.93. The molecule has 3 amide bonds. The van der Waals surface area contributed by atoms with E-state index in [1.54, 1.807) is 18.7 Å². The fourth-order valence-electron chi connectivity index (χ4n) is 3.57. The van der Waals surface area contributed by atoms with Gasteiger partial charge in [0.2, 0.25) is 17.7 Å². The van der Waals surface area contributed by atoms with E-state index in [1.165, 1.54) is 0 Å². The first-order chi connectivity index (χ1) is 11.3. The average molecular weight is 337 g/mol. The molecule has 2 saturated heterocycles. The van der Waals surface area contributed by atoms with Crippen LogP contribution in [0.15, 0.2) is 0 Å². The Morgan fingerprint density at radius 3 is 2.29 bits per heavy atom. The molecule has 0 aliphatic carbocycles. The third-order valence-corrected chi connectivity index (χ3v) is 4.97. The Balaban J connectivity index is 1.92. The van der Waals surface area contributed by atoms with E-state index in [0.717, 1.165) is 51.7 Å². The number of carbonyl (C=O) groups excluding carboxylic acids is 3. The van der Waals surface area contributed by atoms with E-state index in [9.17, 15) is 14.4 Å². The Morgan fingerprint density at radius 1 is 1.04 bits per heavy atom. The summed E-state index contributed by atoms with van der Waals surface area (Å²) in [5.74, 6) is -0.211. The molecule has 0 bridgehead atoms. The van der Waals surface area contributed by atoms with Crippen LogP contribution in [0.4, 0.5) is 0 Å². The summed E-state index contributed by atoms with van der Waals surface area (Å²) in [6.45, 7) is 8.29. The zero-order chi connectivity index (χ0) is 17.7. The molecule has 0 aromatic carbocycles. The summed E-state index contributed by atoms with van der Waals surface area (Å²) in [6, 6.07) is 0. The lowest BCUT2D eigenvalue weighted by molar-refractivity contribution is -0.142. The van der Waals surface area contributed by atoms with Crippen molar-refractivity contribution in [3.05, 3.63) is 0 Å². The number of hydrogen-bond donors (Lipinski definition) is 1. The van der Waals surface area contributed by atoms with E-state index in [4.69, 9.17) is 0 Å². The van der Waals surface area contributed by atoms with Gasteiger partial charge >= 0.3 is 0 Å². The predicted octanol–water partition coefficient (Wildman–Crippen LogP) is 1.54. The molecule has 0 unspecified atom stereocenters. The van der Waals surface area contributed by atoms with Gasteiger partial charge in [0.1, 0.15) is 5.54 Å². The number of amides is 3. The lowest BCUT2D eigenvalue weighted by atomic mass is 9.94. The summed E-state index contributed by atoms with van der Waals surface area (Å²) in [5.41, 5.74) is -0.892. The summed E-state index contributed by atoms with van der Waals surface area (Å²) >= 11 is 0. The fourth-order valence-corrected chi connectivity index (χ4v) is 3.57. The van der Waals surface area contributed by atoms with Gasteiger partial charge < -0.3 is 15.1 Å². The Hall–Kier alpha value is -1.59. The number of hydrogen-bond acceptors (Lipinski definition) is 3. The molecule has 2 rings (SSSR count). The molecule has 0 saturated carbocycles. The first-order valence-corrected chi connectivity index (χ1v) is 9.24.